The lowest BCUT2D eigenvalue weighted by Gasteiger charge is -2.25. The highest BCUT2D eigenvalue weighted by Gasteiger charge is 2.27. The van der Waals surface area contributed by atoms with Gasteiger partial charge in [0, 0.05) is 30.3 Å². The van der Waals surface area contributed by atoms with E-state index >= 15 is 0 Å². The third-order valence-electron chi connectivity index (χ3n) is 9.03. The highest BCUT2D eigenvalue weighted by Crippen LogP contribution is 2.28. The fourth-order valence-electron chi connectivity index (χ4n) is 6.00. The van der Waals surface area contributed by atoms with Crippen LogP contribution in [0.25, 0.3) is 11.1 Å². The average Bonchev–Trinajstić information content (AvgIpc) is 3.16. The number of hydrogen-bond donors (Lipinski definition) is 5. The molecule has 0 aliphatic heterocycles. The number of carbonyl (C=O) groups excluding carboxylic acids is 4. The smallest absolute Gasteiger partial charge is 0.251 e. The Kier molecular flexibility index (Phi) is 14.5. The Bertz CT molecular complexity index is 1920. The first kappa shape index (κ1) is 40.0. The summed E-state index contributed by atoms with van der Waals surface area (Å²) >= 11 is 0. The van der Waals surface area contributed by atoms with Crippen LogP contribution in [0.5, 0.6) is 0 Å². The molecule has 0 fully saturated rings. The third-order valence-corrected chi connectivity index (χ3v) is 9.03. The van der Waals surface area contributed by atoms with Crippen LogP contribution in [0.1, 0.15) is 83.6 Å². The summed E-state index contributed by atoms with van der Waals surface area (Å²) in [6.07, 6.45) is 0.458. The number of aryl methyl sites for hydroxylation is 1. The van der Waals surface area contributed by atoms with E-state index in [1.165, 1.54) is 0 Å². The van der Waals surface area contributed by atoms with Crippen LogP contribution in [-0.2, 0) is 16.0 Å². The summed E-state index contributed by atoms with van der Waals surface area (Å²) in [5.41, 5.74) is 4.95. The molecule has 10 heteroatoms. The summed E-state index contributed by atoms with van der Waals surface area (Å²) in [5.74, 6) is -1.47. The molecule has 4 atom stereocenters. The molecule has 10 nitrogen and oxygen atoms in total. The van der Waals surface area contributed by atoms with Gasteiger partial charge in [-0.1, -0.05) is 92.2 Å². The highest BCUT2D eigenvalue weighted by atomic mass is 16.2. The minimum Gasteiger partial charge on any atom is -0.355 e. The average molecular weight is 715 g/mol. The van der Waals surface area contributed by atoms with Crippen molar-refractivity contribution >= 4 is 23.6 Å². The van der Waals surface area contributed by atoms with Gasteiger partial charge in [-0.25, -0.2) is 0 Å². The van der Waals surface area contributed by atoms with Crippen molar-refractivity contribution in [3.05, 3.63) is 130 Å². The van der Waals surface area contributed by atoms with E-state index in [1.54, 1.807) is 31.2 Å². The van der Waals surface area contributed by atoms with Gasteiger partial charge in [-0.05, 0) is 86.6 Å². The molecular formula is C43H50N6O4. The summed E-state index contributed by atoms with van der Waals surface area (Å²) in [6.45, 7) is 11.8. The second kappa shape index (κ2) is 19.2. The lowest BCUT2D eigenvalue weighted by molar-refractivity contribution is -0.130. The largest absolute Gasteiger partial charge is 0.355 e. The van der Waals surface area contributed by atoms with Crippen LogP contribution in [-0.4, -0.2) is 54.8 Å². The number of nitrogens with one attached hydrogen (secondary N) is 5. The number of amides is 4. The molecule has 5 N–H and O–H groups in total. The Hall–Kier alpha value is -5.79. The van der Waals surface area contributed by atoms with E-state index in [4.69, 9.17) is 0 Å². The summed E-state index contributed by atoms with van der Waals surface area (Å²) in [4.78, 5) is 53.7. The maximum absolute atomic E-state index is 14.1. The molecule has 0 aliphatic rings. The van der Waals surface area contributed by atoms with Gasteiger partial charge in [0.2, 0.25) is 11.8 Å². The fourth-order valence-corrected chi connectivity index (χ4v) is 6.00. The lowest BCUT2D eigenvalue weighted by atomic mass is 9.94. The zero-order chi connectivity index (χ0) is 38.5. The number of rotatable bonds is 16. The Balaban J connectivity index is 1.62. The second-order valence-corrected chi connectivity index (χ2v) is 13.7. The molecule has 0 unspecified atom stereocenters. The third kappa shape index (κ3) is 11.3. The molecule has 4 aromatic carbocycles. The topological polar surface area (TPSA) is 152 Å². The number of nitrogens with zero attached hydrogens (tertiary/aromatic N) is 1. The van der Waals surface area contributed by atoms with Gasteiger partial charge in [0.05, 0.1) is 23.7 Å². The zero-order valence-electron chi connectivity index (χ0n) is 31.3. The zero-order valence-corrected chi connectivity index (χ0v) is 31.3. The van der Waals surface area contributed by atoms with Crippen molar-refractivity contribution in [3.8, 4) is 17.2 Å². The Labute approximate surface area is 312 Å². The maximum Gasteiger partial charge on any atom is 0.251 e. The number of likely N-dealkylation sites (N-methyl/N-ethyl adjacent to an activating group) is 1. The maximum atomic E-state index is 14.1. The SMILES string of the molecule is CCNC(=O)[C@@H](NC(=O)[C@H](C)NC[C@H](Cc1ccccc1)NC(=O)c1cc(C(=O)N[C@H](C)c2ccccc2)cc(-c2cc(C)ccc2C#N)c1)C(C)C. The molecule has 53 heavy (non-hydrogen) atoms. The Morgan fingerprint density at radius 1 is 0.736 bits per heavy atom. The minimum atomic E-state index is -0.684. The Morgan fingerprint density at radius 2 is 1.36 bits per heavy atom. The van der Waals surface area contributed by atoms with Crippen molar-refractivity contribution in [1.29, 1.82) is 5.26 Å². The quantitative estimate of drug-likeness (QED) is 0.102. The molecule has 0 heterocycles. The van der Waals surface area contributed by atoms with Crippen molar-refractivity contribution in [3.63, 3.8) is 0 Å². The minimum absolute atomic E-state index is 0.115. The lowest BCUT2D eigenvalue weighted by Crippen LogP contribution is -2.55. The highest BCUT2D eigenvalue weighted by molar-refractivity contribution is 6.02. The molecule has 0 bridgehead atoms. The van der Waals surface area contributed by atoms with Gasteiger partial charge >= 0.3 is 0 Å². The van der Waals surface area contributed by atoms with Crippen molar-refractivity contribution in [1.82, 2.24) is 26.6 Å². The number of carbonyl (C=O) groups is 4. The summed E-state index contributed by atoms with van der Waals surface area (Å²) in [6, 6.07) is 29.8. The number of benzene rings is 4. The van der Waals surface area contributed by atoms with Crippen molar-refractivity contribution in [2.45, 2.75) is 72.1 Å². The van der Waals surface area contributed by atoms with Crippen LogP contribution >= 0.6 is 0 Å². The van der Waals surface area contributed by atoms with Gasteiger partial charge in [-0.15, -0.1) is 0 Å². The van der Waals surface area contributed by atoms with Gasteiger partial charge in [0.25, 0.3) is 11.8 Å². The molecule has 4 aromatic rings. The second-order valence-electron chi connectivity index (χ2n) is 13.7. The van der Waals surface area contributed by atoms with Crippen molar-refractivity contribution < 1.29 is 19.2 Å². The van der Waals surface area contributed by atoms with Crippen LogP contribution in [0.4, 0.5) is 0 Å². The van der Waals surface area contributed by atoms with E-state index in [2.05, 4.69) is 32.7 Å². The van der Waals surface area contributed by atoms with Crippen LogP contribution < -0.4 is 26.6 Å². The van der Waals surface area contributed by atoms with Gasteiger partial charge in [0.1, 0.15) is 6.04 Å². The van der Waals surface area contributed by atoms with Gasteiger partial charge in [-0.3, -0.25) is 19.2 Å². The van der Waals surface area contributed by atoms with E-state index in [1.807, 2.05) is 107 Å². The van der Waals surface area contributed by atoms with E-state index in [9.17, 15) is 24.4 Å². The van der Waals surface area contributed by atoms with Crippen LogP contribution in [0.15, 0.2) is 97.1 Å². The molecule has 0 aromatic heterocycles. The number of nitriles is 1. The van der Waals surface area contributed by atoms with Gasteiger partial charge < -0.3 is 26.6 Å². The molecule has 0 saturated carbocycles. The molecule has 4 rings (SSSR count). The first-order valence-electron chi connectivity index (χ1n) is 18.1. The number of hydrogen-bond acceptors (Lipinski definition) is 6. The molecule has 0 radical (unpaired) electrons. The van der Waals surface area contributed by atoms with Crippen LogP contribution in [0, 0.1) is 24.2 Å². The van der Waals surface area contributed by atoms with Crippen molar-refractivity contribution in [2.75, 3.05) is 13.1 Å². The molecule has 0 saturated heterocycles. The van der Waals surface area contributed by atoms with Crippen LogP contribution in [0.3, 0.4) is 0 Å². The molecular weight excluding hydrogens is 665 g/mol. The normalized spacial score (nSPS) is 13.2. The molecule has 276 valence electrons. The van der Waals surface area contributed by atoms with E-state index in [-0.39, 0.29) is 47.4 Å². The standard InChI is InChI=1S/C43H50N6O4/c1-7-45-43(53)39(27(2)3)49-40(50)30(6)46-26-37(21-31-14-10-8-11-15-31)48-42(52)36-23-34(38-20-28(4)18-19-33(38)25-44)22-35(24-36)41(51)47-29(5)32-16-12-9-13-17-32/h8-20,22-24,27,29-30,37,39,46H,7,21,26H2,1-6H3,(H,45,53)(H,47,51)(H,48,52)(H,49,50)/t29-,30+,37+,39+/m1/s1. The Morgan fingerprint density at radius 3 is 1.96 bits per heavy atom. The van der Waals surface area contributed by atoms with E-state index < -0.39 is 24.0 Å². The summed E-state index contributed by atoms with van der Waals surface area (Å²) in [5, 5.41) is 25.0. The van der Waals surface area contributed by atoms with Crippen molar-refractivity contribution in [2.24, 2.45) is 5.92 Å². The van der Waals surface area contributed by atoms with Crippen LogP contribution in [0.2, 0.25) is 0 Å². The predicted molar refractivity (Wildman–Crippen MR) is 208 cm³/mol. The monoisotopic (exact) mass is 714 g/mol. The van der Waals surface area contributed by atoms with Gasteiger partial charge in [0.15, 0.2) is 0 Å². The van der Waals surface area contributed by atoms with E-state index in [0.29, 0.717) is 29.7 Å². The fraction of sp³-hybridized carbons (Fsp3) is 0.326. The molecule has 4 amide bonds. The molecule has 0 aliphatic carbocycles. The summed E-state index contributed by atoms with van der Waals surface area (Å²) in [7, 11) is 0. The van der Waals surface area contributed by atoms with Gasteiger partial charge in [-0.2, -0.15) is 5.26 Å². The molecule has 0 spiro atoms. The predicted octanol–water partition coefficient (Wildman–Crippen LogP) is 5.62. The van der Waals surface area contributed by atoms with E-state index in [0.717, 1.165) is 16.7 Å². The first-order valence-corrected chi connectivity index (χ1v) is 18.1. The first-order chi connectivity index (χ1) is 25.4. The summed E-state index contributed by atoms with van der Waals surface area (Å²) < 4.78 is 0.